The molecule has 204 valence electrons. The van der Waals surface area contributed by atoms with Gasteiger partial charge >= 0.3 is 5.97 Å². The van der Waals surface area contributed by atoms with Gasteiger partial charge in [0.25, 0.3) is 11.3 Å². The molecule has 0 spiro atoms. The summed E-state index contributed by atoms with van der Waals surface area (Å²) in [6.07, 6.45) is -0.338. The van der Waals surface area contributed by atoms with Crippen molar-refractivity contribution in [1.82, 2.24) is 5.32 Å². The monoisotopic (exact) mass is 562 g/mol. The van der Waals surface area contributed by atoms with Gasteiger partial charge in [-0.1, -0.05) is 41.9 Å². The van der Waals surface area contributed by atoms with E-state index in [-0.39, 0.29) is 24.4 Å². The summed E-state index contributed by atoms with van der Waals surface area (Å²) in [6.45, 7) is 2.84. The number of anilines is 1. The lowest BCUT2D eigenvalue weighted by molar-refractivity contribution is -0.136. The number of halogens is 1. The van der Waals surface area contributed by atoms with E-state index in [9.17, 15) is 23.8 Å². The number of carbonyl (C=O) groups is 1. The van der Waals surface area contributed by atoms with Crippen LogP contribution in [0.3, 0.4) is 0 Å². The molecular formula is C27H31ClN2O7S. The summed E-state index contributed by atoms with van der Waals surface area (Å²) >= 11 is 4.20. The predicted molar refractivity (Wildman–Crippen MR) is 148 cm³/mol. The highest BCUT2D eigenvalue weighted by molar-refractivity contribution is 7.80. The Hall–Kier alpha value is -3.15. The fourth-order valence-electron chi connectivity index (χ4n) is 3.86. The van der Waals surface area contributed by atoms with E-state index in [4.69, 9.17) is 21.4 Å². The van der Waals surface area contributed by atoms with E-state index in [1.165, 1.54) is 19.2 Å². The minimum atomic E-state index is -2.31. The Morgan fingerprint density at radius 1 is 1.13 bits per heavy atom. The van der Waals surface area contributed by atoms with Gasteiger partial charge in [0.2, 0.25) is 0 Å². The molecule has 0 heterocycles. The lowest BCUT2D eigenvalue weighted by Crippen LogP contribution is -2.26. The lowest BCUT2D eigenvalue weighted by atomic mass is 10.0. The minimum absolute atomic E-state index is 0.0906. The number of hydrogen-bond donors (Lipinski definition) is 5. The van der Waals surface area contributed by atoms with Crippen molar-refractivity contribution in [3.05, 3.63) is 76.3 Å². The molecule has 0 fully saturated rings. The number of benzene rings is 3. The number of ether oxygens (including phenoxy) is 1. The van der Waals surface area contributed by atoms with Gasteiger partial charge in [-0.2, -0.15) is 0 Å². The van der Waals surface area contributed by atoms with Crippen LogP contribution in [-0.2, 0) is 22.5 Å². The molecule has 3 rings (SSSR count). The van der Waals surface area contributed by atoms with Crippen molar-refractivity contribution in [3.8, 4) is 22.6 Å². The minimum Gasteiger partial charge on any atom is -0.506 e. The molecule has 0 aromatic heterocycles. The first kappa shape index (κ1) is 29.4. The number of rotatable bonds is 13. The molecule has 0 aliphatic rings. The van der Waals surface area contributed by atoms with Crippen LogP contribution >= 0.6 is 11.6 Å². The van der Waals surface area contributed by atoms with Crippen LogP contribution in [-0.4, -0.2) is 56.8 Å². The molecule has 0 amide bonds. The van der Waals surface area contributed by atoms with Gasteiger partial charge in [-0.25, -0.2) is 4.21 Å². The van der Waals surface area contributed by atoms with E-state index >= 15 is 0 Å². The van der Waals surface area contributed by atoms with Crippen LogP contribution in [0.5, 0.6) is 11.5 Å². The average molecular weight is 563 g/mol. The van der Waals surface area contributed by atoms with Crippen LogP contribution in [0.25, 0.3) is 11.1 Å². The first-order valence-corrected chi connectivity index (χ1v) is 13.3. The molecule has 5 N–H and O–H groups in total. The van der Waals surface area contributed by atoms with Gasteiger partial charge < -0.3 is 25.4 Å². The van der Waals surface area contributed by atoms with Crippen molar-refractivity contribution in [2.75, 3.05) is 31.0 Å². The van der Waals surface area contributed by atoms with Crippen LogP contribution in [0.4, 0.5) is 5.69 Å². The van der Waals surface area contributed by atoms with Crippen molar-refractivity contribution in [1.29, 1.82) is 0 Å². The number of nitrogens with zero attached hydrogens (tertiary/aromatic N) is 1. The maximum absolute atomic E-state index is 11.3. The summed E-state index contributed by atoms with van der Waals surface area (Å²) in [5.74, 6) is -0.423. The van der Waals surface area contributed by atoms with Crippen molar-refractivity contribution < 1.29 is 33.6 Å². The summed E-state index contributed by atoms with van der Waals surface area (Å²) in [5, 5.41) is 32.8. The van der Waals surface area contributed by atoms with E-state index in [0.717, 1.165) is 26.6 Å². The summed E-state index contributed by atoms with van der Waals surface area (Å²) in [6, 6.07) is 15.9. The third kappa shape index (κ3) is 7.92. The molecule has 0 bridgehead atoms. The molecule has 9 nitrogen and oxygen atoms in total. The van der Waals surface area contributed by atoms with E-state index in [1.54, 1.807) is 6.07 Å². The fourth-order valence-corrected chi connectivity index (χ4v) is 4.50. The zero-order valence-corrected chi connectivity index (χ0v) is 22.6. The summed E-state index contributed by atoms with van der Waals surface area (Å²) in [4.78, 5) is 10.8. The highest BCUT2D eigenvalue weighted by Gasteiger charge is 2.16. The summed E-state index contributed by atoms with van der Waals surface area (Å²) in [7, 11) is 1.36. The molecular weight excluding hydrogens is 532 g/mol. The van der Waals surface area contributed by atoms with Gasteiger partial charge in [0.1, 0.15) is 18.1 Å². The SMILES string of the molecule is Cc1cc(-c2ccc(CCC(=O)O)cc2)cc(Cl)c1OCCNCC(O)c1ccc(O)c(N(C)S(=O)O)c1. The molecule has 38 heavy (non-hydrogen) atoms. The maximum Gasteiger partial charge on any atom is 0.303 e. The number of aliphatic carboxylic acids is 1. The van der Waals surface area contributed by atoms with Gasteiger partial charge in [-0.15, -0.1) is 0 Å². The number of carboxylic acids is 1. The smallest absolute Gasteiger partial charge is 0.303 e. The van der Waals surface area contributed by atoms with Crippen LogP contribution < -0.4 is 14.4 Å². The number of nitrogens with one attached hydrogen (secondary N) is 1. The molecule has 0 aliphatic carbocycles. The third-order valence-electron chi connectivity index (χ3n) is 5.96. The van der Waals surface area contributed by atoms with E-state index in [1.807, 2.05) is 43.3 Å². The van der Waals surface area contributed by atoms with Crippen LogP contribution in [0, 0.1) is 6.92 Å². The van der Waals surface area contributed by atoms with Crippen LogP contribution in [0.2, 0.25) is 5.02 Å². The quantitative estimate of drug-likeness (QED) is 0.153. The lowest BCUT2D eigenvalue weighted by Gasteiger charge is -2.19. The molecule has 2 atom stereocenters. The van der Waals surface area contributed by atoms with E-state index in [2.05, 4.69) is 5.32 Å². The number of aryl methyl sites for hydroxylation is 2. The first-order valence-electron chi connectivity index (χ1n) is 11.9. The van der Waals surface area contributed by atoms with Gasteiger partial charge in [0.05, 0.1) is 16.8 Å². The van der Waals surface area contributed by atoms with Crippen LogP contribution in [0.15, 0.2) is 54.6 Å². The zero-order valence-electron chi connectivity index (χ0n) is 21.1. The highest BCUT2D eigenvalue weighted by atomic mass is 35.5. The first-order chi connectivity index (χ1) is 18.1. The van der Waals surface area contributed by atoms with Crippen molar-refractivity contribution in [2.24, 2.45) is 0 Å². The summed E-state index contributed by atoms with van der Waals surface area (Å²) < 4.78 is 27.4. The van der Waals surface area contributed by atoms with E-state index < -0.39 is 23.3 Å². The van der Waals surface area contributed by atoms with Crippen molar-refractivity contribution >= 4 is 34.5 Å². The Bertz CT molecular complexity index is 1260. The number of hydrogen-bond acceptors (Lipinski definition) is 6. The number of aromatic hydroxyl groups is 1. The average Bonchev–Trinajstić information content (AvgIpc) is 2.88. The standard InChI is InChI=1S/C27H31ClN2O7S/c1-17-13-21(19-6-3-18(4-7-19)5-10-26(33)34)14-22(28)27(17)37-12-11-29-16-25(32)20-8-9-24(31)23(15-20)30(2)38(35)36/h3-4,6-9,13-15,25,29,31-32H,5,10-12,16H2,1-2H3,(H,33,34)(H,35,36). The number of aliphatic hydroxyl groups is 1. The second-order valence-electron chi connectivity index (χ2n) is 8.74. The molecule has 2 unspecified atom stereocenters. The zero-order chi connectivity index (χ0) is 27.8. The third-order valence-corrected chi connectivity index (χ3v) is 6.91. The van der Waals surface area contributed by atoms with Crippen LogP contribution in [0.1, 0.15) is 29.2 Å². The van der Waals surface area contributed by atoms with Gasteiger partial charge in [-0.05, 0) is 65.4 Å². The normalized spacial score (nSPS) is 12.7. The number of carboxylic acid groups (broad SMARTS) is 1. The Balaban J connectivity index is 1.53. The fraction of sp³-hybridized carbons (Fsp3) is 0.296. The van der Waals surface area contributed by atoms with Gasteiger partial charge in [0, 0.05) is 26.6 Å². The van der Waals surface area contributed by atoms with Crippen molar-refractivity contribution in [2.45, 2.75) is 25.9 Å². The molecule has 11 heteroatoms. The predicted octanol–water partition coefficient (Wildman–Crippen LogP) is 4.31. The molecule has 3 aromatic carbocycles. The number of phenols is 1. The Kier molecular flexibility index (Phi) is 10.5. The molecule has 0 saturated heterocycles. The number of phenolic OH excluding ortho intramolecular Hbond substituents is 1. The molecule has 0 aliphatic heterocycles. The number of aliphatic hydroxyl groups excluding tert-OH is 1. The molecule has 0 saturated carbocycles. The Labute approximate surface area is 229 Å². The van der Waals surface area contributed by atoms with Crippen molar-refractivity contribution in [3.63, 3.8) is 0 Å². The largest absolute Gasteiger partial charge is 0.506 e. The molecule has 3 aromatic rings. The highest BCUT2D eigenvalue weighted by Crippen LogP contribution is 2.34. The molecule has 0 radical (unpaired) electrons. The Morgan fingerprint density at radius 3 is 2.47 bits per heavy atom. The topological polar surface area (TPSA) is 140 Å². The van der Waals surface area contributed by atoms with E-state index in [0.29, 0.717) is 35.9 Å². The Morgan fingerprint density at radius 2 is 1.84 bits per heavy atom. The summed E-state index contributed by atoms with van der Waals surface area (Å²) in [5.41, 5.74) is 4.32. The maximum atomic E-state index is 11.3. The second-order valence-corrected chi connectivity index (χ2v) is 10.2. The second kappa shape index (κ2) is 13.6. The van der Waals surface area contributed by atoms with Gasteiger partial charge in [-0.3, -0.25) is 13.7 Å². The van der Waals surface area contributed by atoms with Gasteiger partial charge in [0.15, 0.2) is 0 Å².